The van der Waals surface area contributed by atoms with Crippen molar-refractivity contribution in [1.29, 1.82) is 0 Å². The molecule has 1 aromatic heterocycles. The zero-order chi connectivity index (χ0) is 9.97. The van der Waals surface area contributed by atoms with Crippen molar-refractivity contribution in [3.63, 3.8) is 0 Å². The Hall–Kier alpha value is -1.92. The van der Waals surface area contributed by atoms with Crippen LogP contribution in [0.15, 0.2) is 30.5 Å². The summed E-state index contributed by atoms with van der Waals surface area (Å²) in [7, 11) is 0. The Labute approximate surface area is 82.0 Å². The summed E-state index contributed by atoms with van der Waals surface area (Å²) in [6, 6.07) is 7.46. The van der Waals surface area contributed by atoms with E-state index >= 15 is 0 Å². The molecule has 1 aromatic carbocycles. The molecule has 0 saturated heterocycles. The maximum atomic E-state index is 6.87. The Kier molecular flexibility index (Phi) is 2.13. The molecule has 3 nitrogen and oxygen atoms in total. The van der Waals surface area contributed by atoms with Gasteiger partial charge in [-0.1, -0.05) is 12.1 Å². The molecule has 0 fully saturated rings. The van der Waals surface area contributed by atoms with Crippen molar-refractivity contribution in [2.45, 2.75) is 6.54 Å². The molecule has 14 heavy (non-hydrogen) atoms. The molecule has 0 spiro atoms. The van der Waals surface area contributed by atoms with Gasteiger partial charge in [-0.15, -0.1) is 0 Å². The minimum atomic E-state index is 0.494. The van der Waals surface area contributed by atoms with E-state index in [-0.39, 0.29) is 0 Å². The van der Waals surface area contributed by atoms with Gasteiger partial charge in [-0.05, 0) is 23.1 Å². The van der Waals surface area contributed by atoms with E-state index in [4.69, 9.17) is 12.3 Å². The number of nitrogens with zero attached hydrogens (tertiary/aromatic N) is 2. The smallest absolute Gasteiger partial charge is 0.189 e. The molecule has 0 aliphatic heterocycles. The lowest BCUT2D eigenvalue weighted by Gasteiger charge is -2.00. The highest BCUT2D eigenvalue weighted by Gasteiger charge is 1.98. The monoisotopic (exact) mass is 183 g/mol. The Morgan fingerprint density at radius 2 is 2.21 bits per heavy atom. The first-order valence-corrected chi connectivity index (χ1v) is 4.29. The molecule has 68 valence electrons. The van der Waals surface area contributed by atoms with Crippen LogP contribution >= 0.6 is 0 Å². The number of pyridine rings is 1. The zero-order valence-corrected chi connectivity index (χ0v) is 7.57. The van der Waals surface area contributed by atoms with Crippen LogP contribution in [0.3, 0.4) is 0 Å². The van der Waals surface area contributed by atoms with E-state index in [1.165, 1.54) is 0 Å². The third kappa shape index (κ3) is 1.43. The molecule has 0 amide bonds. The predicted molar refractivity (Wildman–Crippen MR) is 55.9 cm³/mol. The summed E-state index contributed by atoms with van der Waals surface area (Å²) in [5.74, 6) is 0. The second-order valence-electron chi connectivity index (χ2n) is 3.04. The van der Waals surface area contributed by atoms with Gasteiger partial charge in [0.1, 0.15) is 0 Å². The summed E-state index contributed by atoms with van der Waals surface area (Å²) >= 11 is 0. The standard InChI is InChI=1S/C11H9N3/c1-13-10-3-2-9-4-8(6-12)7-14-11(9)5-10/h2-5,7H,6,12H2. The minimum absolute atomic E-state index is 0.494. The number of rotatable bonds is 1. The molecule has 0 bridgehead atoms. The highest BCUT2D eigenvalue weighted by Crippen LogP contribution is 2.20. The fourth-order valence-electron chi connectivity index (χ4n) is 1.34. The number of hydrogen-bond donors (Lipinski definition) is 1. The third-order valence-corrected chi connectivity index (χ3v) is 2.09. The lowest BCUT2D eigenvalue weighted by Crippen LogP contribution is -1.96. The molecule has 0 atom stereocenters. The van der Waals surface area contributed by atoms with Crippen molar-refractivity contribution in [2.24, 2.45) is 5.73 Å². The van der Waals surface area contributed by atoms with Gasteiger partial charge in [0, 0.05) is 12.7 Å². The van der Waals surface area contributed by atoms with Crippen LogP contribution in [0.1, 0.15) is 5.56 Å². The van der Waals surface area contributed by atoms with Crippen molar-refractivity contribution in [3.8, 4) is 0 Å². The molecular weight excluding hydrogens is 174 g/mol. The number of benzene rings is 1. The number of nitrogens with two attached hydrogens (primary N) is 1. The van der Waals surface area contributed by atoms with Gasteiger partial charge in [-0.25, -0.2) is 4.85 Å². The Morgan fingerprint density at radius 1 is 1.36 bits per heavy atom. The topological polar surface area (TPSA) is 43.3 Å². The highest BCUT2D eigenvalue weighted by atomic mass is 14.7. The van der Waals surface area contributed by atoms with Crippen molar-refractivity contribution in [2.75, 3.05) is 0 Å². The van der Waals surface area contributed by atoms with E-state index in [0.717, 1.165) is 16.5 Å². The summed E-state index contributed by atoms with van der Waals surface area (Å²) in [5, 5.41) is 1.03. The van der Waals surface area contributed by atoms with Gasteiger partial charge >= 0.3 is 0 Å². The van der Waals surface area contributed by atoms with Gasteiger partial charge in [0.25, 0.3) is 0 Å². The molecule has 0 aliphatic rings. The lowest BCUT2D eigenvalue weighted by atomic mass is 10.1. The van der Waals surface area contributed by atoms with Crippen LogP contribution in [0.25, 0.3) is 15.7 Å². The Bertz CT molecular complexity index is 511. The van der Waals surface area contributed by atoms with E-state index in [0.29, 0.717) is 12.2 Å². The summed E-state index contributed by atoms with van der Waals surface area (Å²) in [6.07, 6.45) is 1.75. The summed E-state index contributed by atoms with van der Waals surface area (Å²) < 4.78 is 0. The van der Waals surface area contributed by atoms with Crippen molar-refractivity contribution < 1.29 is 0 Å². The fraction of sp³-hybridized carbons (Fsp3) is 0.0909. The van der Waals surface area contributed by atoms with Gasteiger partial charge < -0.3 is 5.73 Å². The van der Waals surface area contributed by atoms with Crippen molar-refractivity contribution in [3.05, 3.63) is 47.4 Å². The van der Waals surface area contributed by atoms with Crippen molar-refractivity contribution >= 4 is 16.6 Å². The molecule has 0 radical (unpaired) electrons. The van der Waals surface area contributed by atoms with Crippen molar-refractivity contribution in [1.82, 2.24) is 4.98 Å². The molecule has 1 heterocycles. The second kappa shape index (κ2) is 3.44. The molecule has 2 N–H and O–H groups in total. The Balaban J connectivity index is 2.64. The first-order valence-electron chi connectivity index (χ1n) is 4.29. The first-order chi connectivity index (χ1) is 6.83. The number of fused-ring (bicyclic) bond motifs is 1. The SMILES string of the molecule is [C-]#[N+]c1ccc2cc(CN)cnc2c1. The van der Waals surface area contributed by atoms with Crippen LogP contribution in [0.5, 0.6) is 0 Å². The average molecular weight is 183 g/mol. The maximum Gasteiger partial charge on any atom is 0.189 e. The largest absolute Gasteiger partial charge is 0.326 e. The molecule has 3 heteroatoms. The van der Waals surface area contributed by atoms with E-state index in [1.54, 1.807) is 18.3 Å². The first kappa shape index (κ1) is 8.67. The predicted octanol–water partition coefficient (Wildman–Crippen LogP) is 2.24. The van der Waals surface area contributed by atoms with E-state index in [2.05, 4.69) is 9.83 Å². The quantitative estimate of drug-likeness (QED) is 0.689. The maximum absolute atomic E-state index is 6.87. The van der Waals surface area contributed by atoms with Gasteiger partial charge in [-0.3, -0.25) is 4.98 Å². The number of aromatic nitrogens is 1. The molecule has 0 unspecified atom stereocenters. The van der Waals surface area contributed by atoms with E-state index in [1.807, 2.05) is 12.1 Å². The van der Waals surface area contributed by atoms with Crippen LogP contribution in [0, 0.1) is 6.57 Å². The van der Waals surface area contributed by atoms with Gasteiger partial charge in [0.15, 0.2) is 5.69 Å². The van der Waals surface area contributed by atoms with Gasteiger partial charge in [0.05, 0.1) is 12.1 Å². The average Bonchev–Trinajstić information content (AvgIpc) is 2.27. The second-order valence-corrected chi connectivity index (χ2v) is 3.04. The molecule has 0 saturated carbocycles. The van der Waals surface area contributed by atoms with Gasteiger partial charge in [-0.2, -0.15) is 0 Å². The van der Waals surface area contributed by atoms with Gasteiger partial charge in [0.2, 0.25) is 0 Å². The molecule has 2 rings (SSSR count). The molecule has 0 aliphatic carbocycles. The summed E-state index contributed by atoms with van der Waals surface area (Å²) in [5.41, 5.74) is 7.98. The zero-order valence-electron chi connectivity index (χ0n) is 7.57. The number of hydrogen-bond acceptors (Lipinski definition) is 2. The molecular formula is C11H9N3. The molecule has 2 aromatic rings. The highest BCUT2D eigenvalue weighted by molar-refractivity contribution is 5.82. The van der Waals surface area contributed by atoms with Crippen LogP contribution in [-0.2, 0) is 6.54 Å². The summed E-state index contributed by atoms with van der Waals surface area (Å²) in [4.78, 5) is 7.59. The van der Waals surface area contributed by atoms with E-state index < -0.39 is 0 Å². The van der Waals surface area contributed by atoms with E-state index in [9.17, 15) is 0 Å². The third-order valence-electron chi connectivity index (χ3n) is 2.09. The minimum Gasteiger partial charge on any atom is -0.326 e. The fourth-order valence-corrected chi connectivity index (χ4v) is 1.34. The lowest BCUT2D eigenvalue weighted by molar-refractivity contribution is 1.06. The van der Waals surface area contributed by atoms with Crippen LogP contribution in [0.4, 0.5) is 5.69 Å². The van der Waals surface area contributed by atoms with Crippen LogP contribution < -0.4 is 5.73 Å². The Morgan fingerprint density at radius 3 is 2.93 bits per heavy atom. The van der Waals surface area contributed by atoms with Crippen LogP contribution in [-0.4, -0.2) is 4.98 Å². The van der Waals surface area contributed by atoms with Crippen LogP contribution in [0.2, 0.25) is 0 Å². The summed E-state index contributed by atoms with van der Waals surface area (Å²) in [6.45, 7) is 7.37. The normalized spacial score (nSPS) is 10.0.